The average molecular weight is 364 g/mol. The third-order valence-corrected chi connectivity index (χ3v) is 4.15. The predicted octanol–water partition coefficient (Wildman–Crippen LogP) is -0.631. The van der Waals surface area contributed by atoms with Crippen LogP contribution in [-0.4, -0.2) is 93.9 Å². The van der Waals surface area contributed by atoms with Crippen molar-refractivity contribution < 1.29 is 24.6 Å². The van der Waals surface area contributed by atoms with Crippen LogP contribution in [0.1, 0.15) is 11.4 Å². The quantitative estimate of drug-likeness (QED) is 0.637. The number of aldehydes is 1. The van der Waals surface area contributed by atoms with E-state index in [2.05, 4.69) is 4.98 Å². The fourth-order valence-corrected chi connectivity index (χ4v) is 2.94. The number of aliphatic carboxylic acids is 2. The Morgan fingerprint density at radius 2 is 1.42 bits per heavy atom. The second-order valence-corrected chi connectivity index (χ2v) is 6.30. The summed E-state index contributed by atoms with van der Waals surface area (Å²) in [7, 11) is 0. The van der Waals surface area contributed by atoms with Gasteiger partial charge in [0, 0.05) is 39.3 Å². The number of carbonyl (C=O) groups excluding carboxylic acids is 1. The Labute approximate surface area is 151 Å². The molecule has 0 saturated carbocycles. The Hall–Kier alpha value is -2.36. The molecule has 2 heterocycles. The van der Waals surface area contributed by atoms with E-state index in [1.54, 1.807) is 9.80 Å². The lowest BCUT2D eigenvalue weighted by molar-refractivity contribution is -0.140. The van der Waals surface area contributed by atoms with Crippen molar-refractivity contribution in [2.45, 2.75) is 13.1 Å². The molecule has 0 atom stereocenters. The second-order valence-electron chi connectivity index (χ2n) is 6.30. The SMILES string of the molecule is O=CCN1CCN(CC(=O)O)CCN(CC(=O)O)Cc2cccc(n2)C1. The molecule has 0 fully saturated rings. The maximum absolute atomic E-state index is 11.1. The van der Waals surface area contributed by atoms with E-state index in [0.29, 0.717) is 39.3 Å². The number of nitrogens with zero attached hydrogens (tertiary/aromatic N) is 4. The van der Waals surface area contributed by atoms with Gasteiger partial charge in [0.1, 0.15) is 6.29 Å². The summed E-state index contributed by atoms with van der Waals surface area (Å²) in [5.74, 6) is -1.87. The van der Waals surface area contributed by atoms with E-state index >= 15 is 0 Å². The van der Waals surface area contributed by atoms with Gasteiger partial charge >= 0.3 is 11.9 Å². The number of carboxylic acids is 2. The average Bonchev–Trinajstić information content (AvgIpc) is 2.55. The van der Waals surface area contributed by atoms with Crippen molar-refractivity contribution in [2.75, 3.05) is 45.8 Å². The number of hydrogen-bond acceptors (Lipinski definition) is 7. The van der Waals surface area contributed by atoms with Crippen LogP contribution in [0.25, 0.3) is 0 Å². The predicted molar refractivity (Wildman–Crippen MR) is 92.6 cm³/mol. The molecule has 9 nitrogen and oxygen atoms in total. The van der Waals surface area contributed by atoms with E-state index in [0.717, 1.165) is 17.7 Å². The van der Waals surface area contributed by atoms with Gasteiger partial charge in [-0.1, -0.05) is 6.07 Å². The molecule has 9 heteroatoms. The molecule has 2 N–H and O–H groups in total. The summed E-state index contributed by atoms with van der Waals surface area (Å²) in [5.41, 5.74) is 1.55. The number of rotatable bonds is 6. The van der Waals surface area contributed by atoms with Crippen LogP contribution < -0.4 is 0 Å². The topological polar surface area (TPSA) is 114 Å². The number of hydrogen-bond donors (Lipinski definition) is 2. The van der Waals surface area contributed by atoms with Crippen LogP contribution >= 0.6 is 0 Å². The molecule has 1 aliphatic heterocycles. The van der Waals surface area contributed by atoms with E-state index in [1.165, 1.54) is 0 Å². The van der Waals surface area contributed by atoms with Gasteiger partial charge in [0.25, 0.3) is 0 Å². The molecule has 0 unspecified atom stereocenters. The van der Waals surface area contributed by atoms with Crippen LogP contribution in [0.3, 0.4) is 0 Å². The molecule has 0 saturated heterocycles. The summed E-state index contributed by atoms with van der Waals surface area (Å²) in [6.45, 7) is 2.67. The van der Waals surface area contributed by atoms with Crippen LogP contribution in [0.2, 0.25) is 0 Å². The number of carboxylic acid groups (broad SMARTS) is 2. The molecular weight excluding hydrogens is 340 g/mol. The highest BCUT2D eigenvalue weighted by Gasteiger charge is 2.18. The molecule has 142 valence electrons. The summed E-state index contributed by atoms with van der Waals surface area (Å²) in [4.78, 5) is 43.2. The molecule has 2 rings (SSSR count). The lowest BCUT2D eigenvalue weighted by atomic mass is 10.2. The van der Waals surface area contributed by atoms with Gasteiger partial charge < -0.3 is 15.0 Å². The van der Waals surface area contributed by atoms with Crippen LogP contribution in [0.4, 0.5) is 0 Å². The normalized spacial score (nSPS) is 17.8. The fraction of sp³-hybridized carbons (Fsp3) is 0.529. The van der Waals surface area contributed by atoms with Gasteiger partial charge in [0.2, 0.25) is 0 Å². The maximum Gasteiger partial charge on any atom is 0.317 e. The van der Waals surface area contributed by atoms with Crippen LogP contribution in [-0.2, 0) is 27.5 Å². The summed E-state index contributed by atoms with van der Waals surface area (Å²) < 4.78 is 0. The molecule has 1 aromatic heterocycles. The molecule has 1 aromatic rings. The van der Waals surface area contributed by atoms with Gasteiger partial charge in [-0.15, -0.1) is 0 Å². The van der Waals surface area contributed by atoms with Crippen molar-refractivity contribution in [1.82, 2.24) is 19.7 Å². The van der Waals surface area contributed by atoms with Crippen LogP contribution in [0.15, 0.2) is 18.2 Å². The van der Waals surface area contributed by atoms with Gasteiger partial charge in [-0.25, -0.2) is 0 Å². The van der Waals surface area contributed by atoms with Crippen molar-refractivity contribution in [3.63, 3.8) is 0 Å². The summed E-state index contributed by atoms with van der Waals surface area (Å²) in [6, 6.07) is 5.57. The van der Waals surface area contributed by atoms with Gasteiger partial charge in [-0.05, 0) is 12.1 Å². The van der Waals surface area contributed by atoms with E-state index in [-0.39, 0.29) is 19.6 Å². The largest absolute Gasteiger partial charge is 0.480 e. The molecule has 1 aliphatic rings. The summed E-state index contributed by atoms with van der Waals surface area (Å²) in [6.07, 6.45) is 0.825. The fourth-order valence-electron chi connectivity index (χ4n) is 2.94. The molecule has 0 aromatic carbocycles. The maximum atomic E-state index is 11.1. The number of carbonyl (C=O) groups is 3. The van der Waals surface area contributed by atoms with Crippen molar-refractivity contribution in [3.05, 3.63) is 29.6 Å². The monoisotopic (exact) mass is 364 g/mol. The Kier molecular flexibility index (Phi) is 7.64. The highest BCUT2D eigenvalue weighted by Crippen LogP contribution is 2.08. The second kappa shape index (κ2) is 9.95. The highest BCUT2D eigenvalue weighted by atomic mass is 16.4. The molecule has 26 heavy (non-hydrogen) atoms. The Morgan fingerprint density at radius 3 is 2.00 bits per heavy atom. The first-order valence-electron chi connectivity index (χ1n) is 8.45. The van der Waals surface area contributed by atoms with Gasteiger partial charge in [0.05, 0.1) is 31.0 Å². The van der Waals surface area contributed by atoms with E-state index in [4.69, 9.17) is 10.2 Å². The van der Waals surface area contributed by atoms with E-state index < -0.39 is 11.9 Å². The van der Waals surface area contributed by atoms with Crippen LogP contribution in [0, 0.1) is 0 Å². The van der Waals surface area contributed by atoms with E-state index in [1.807, 2.05) is 23.1 Å². The Morgan fingerprint density at radius 1 is 0.923 bits per heavy atom. The standard InChI is InChI=1S/C17H24N4O5/c22-9-8-20-5-4-19(12-16(23)24)6-7-21(13-17(25)26)11-15-3-1-2-14(10-20)18-15/h1-3,9H,4-8,10-13H2,(H,23,24)(H,25,26). The molecule has 0 spiro atoms. The van der Waals surface area contributed by atoms with Crippen LogP contribution in [0.5, 0.6) is 0 Å². The first kappa shape index (κ1) is 20.0. The number of pyridine rings is 1. The lowest BCUT2D eigenvalue weighted by Gasteiger charge is -2.29. The van der Waals surface area contributed by atoms with E-state index in [9.17, 15) is 14.4 Å². The molecule has 0 aliphatic carbocycles. The molecule has 2 bridgehead atoms. The van der Waals surface area contributed by atoms with Gasteiger partial charge in [0.15, 0.2) is 0 Å². The molecular formula is C17H24N4O5. The lowest BCUT2D eigenvalue weighted by Crippen LogP contribution is -2.43. The third-order valence-electron chi connectivity index (χ3n) is 4.15. The number of fused-ring (bicyclic) bond motifs is 2. The first-order valence-corrected chi connectivity index (χ1v) is 8.45. The summed E-state index contributed by atoms with van der Waals surface area (Å²) in [5, 5.41) is 18.2. The molecule has 0 amide bonds. The minimum atomic E-state index is -0.935. The van der Waals surface area contributed by atoms with Crippen molar-refractivity contribution in [2.24, 2.45) is 0 Å². The zero-order valence-electron chi connectivity index (χ0n) is 14.6. The minimum Gasteiger partial charge on any atom is -0.480 e. The summed E-state index contributed by atoms with van der Waals surface area (Å²) >= 11 is 0. The highest BCUT2D eigenvalue weighted by molar-refractivity contribution is 5.69. The van der Waals surface area contributed by atoms with Crippen molar-refractivity contribution in [3.8, 4) is 0 Å². The zero-order chi connectivity index (χ0) is 18.9. The first-order chi connectivity index (χ1) is 12.5. The molecule has 0 radical (unpaired) electrons. The number of aromatic nitrogens is 1. The Balaban J connectivity index is 2.22. The zero-order valence-corrected chi connectivity index (χ0v) is 14.6. The van der Waals surface area contributed by atoms with Gasteiger partial charge in [-0.2, -0.15) is 0 Å². The van der Waals surface area contributed by atoms with Crippen molar-refractivity contribution >= 4 is 18.2 Å². The minimum absolute atomic E-state index is 0.126. The van der Waals surface area contributed by atoms with Crippen molar-refractivity contribution in [1.29, 1.82) is 0 Å². The third kappa shape index (κ3) is 6.87. The smallest absolute Gasteiger partial charge is 0.317 e. The van der Waals surface area contributed by atoms with Gasteiger partial charge in [-0.3, -0.25) is 29.3 Å². The Bertz CT molecular complexity index is 639.